The summed E-state index contributed by atoms with van der Waals surface area (Å²) in [5, 5.41) is 5.17. The molecule has 0 aliphatic heterocycles. The maximum Gasteiger partial charge on any atom is 0.0666 e. The van der Waals surface area contributed by atoms with Crippen LogP contribution in [0.2, 0.25) is 0 Å². The van der Waals surface area contributed by atoms with Crippen LogP contribution in [0.5, 0.6) is 0 Å². The molecule has 0 unspecified atom stereocenters. The fraction of sp³-hybridized carbons (Fsp3) is 0.500. The van der Waals surface area contributed by atoms with Gasteiger partial charge < -0.3 is 5.32 Å². The minimum atomic E-state index is 0.845. The standard InChI is InChI=1S/C12H20N2O/c1-5-13-11-7-8-12(10(3)9-11)14(6-2)15-4/h7-9,13H,5-6H2,1-4H3. The van der Waals surface area contributed by atoms with Crippen LogP contribution in [0, 0.1) is 6.92 Å². The molecule has 1 aromatic carbocycles. The van der Waals surface area contributed by atoms with Crippen LogP contribution in [0.1, 0.15) is 19.4 Å². The number of hydrogen-bond donors (Lipinski definition) is 1. The van der Waals surface area contributed by atoms with Gasteiger partial charge in [0.2, 0.25) is 0 Å². The van der Waals surface area contributed by atoms with Crippen molar-refractivity contribution in [3.8, 4) is 0 Å². The summed E-state index contributed by atoms with van der Waals surface area (Å²) in [6, 6.07) is 6.30. The highest BCUT2D eigenvalue weighted by atomic mass is 16.7. The summed E-state index contributed by atoms with van der Waals surface area (Å²) in [5.74, 6) is 0. The molecule has 1 N–H and O–H groups in total. The molecule has 3 nitrogen and oxygen atoms in total. The van der Waals surface area contributed by atoms with E-state index in [1.807, 2.05) is 5.06 Å². The molecule has 0 aliphatic carbocycles. The topological polar surface area (TPSA) is 24.5 Å². The predicted molar refractivity (Wildman–Crippen MR) is 65.4 cm³/mol. The van der Waals surface area contributed by atoms with Crippen LogP contribution in [0.15, 0.2) is 18.2 Å². The lowest BCUT2D eigenvalue weighted by molar-refractivity contribution is 0.170. The van der Waals surface area contributed by atoms with Crippen molar-refractivity contribution < 1.29 is 4.84 Å². The van der Waals surface area contributed by atoms with Gasteiger partial charge in [-0.1, -0.05) is 0 Å². The summed E-state index contributed by atoms with van der Waals surface area (Å²) >= 11 is 0. The molecule has 0 amide bonds. The molecule has 0 fully saturated rings. The lowest BCUT2D eigenvalue weighted by Gasteiger charge is -2.22. The molecular formula is C12H20N2O. The maximum absolute atomic E-state index is 5.28. The molecule has 0 saturated carbocycles. The largest absolute Gasteiger partial charge is 0.385 e. The molecule has 0 aromatic heterocycles. The van der Waals surface area contributed by atoms with Crippen LogP contribution in [-0.4, -0.2) is 20.2 Å². The normalized spacial score (nSPS) is 10.1. The Balaban J connectivity index is 2.91. The first-order chi connectivity index (χ1) is 7.22. The maximum atomic E-state index is 5.28. The van der Waals surface area contributed by atoms with Gasteiger partial charge in [-0.05, 0) is 44.5 Å². The molecule has 0 bridgehead atoms. The van der Waals surface area contributed by atoms with Crippen molar-refractivity contribution in [2.45, 2.75) is 20.8 Å². The van der Waals surface area contributed by atoms with E-state index < -0.39 is 0 Å². The first-order valence-corrected chi connectivity index (χ1v) is 5.39. The Labute approximate surface area is 92.0 Å². The zero-order valence-electron chi connectivity index (χ0n) is 10.0. The highest BCUT2D eigenvalue weighted by Gasteiger charge is 2.06. The van der Waals surface area contributed by atoms with Gasteiger partial charge in [-0.25, -0.2) is 0 Å². The lowest BCUT2D eigenvalue weighted by Crippen LogP contribution is -2.21. The second-order valence-corrected chi connectivity index (χ2v) is 3.41. The van der Waals surface area contributed by atoms with Gasteiger partial charge in [0.05, 0.1) is 12.8 Å². The van der Waals surface area contributed by atoms with E-state index in [0.29, 0.717) is 0 Å². The average molecular weight is 208 g/mol. The van der Waals surface area contributed by atoms with Gasteiger partial charge in [0.25, 0.3) is 0 Å². The van der Waals surface area contributed by atoms with Gasteiger partial charge in [0.1, 0.15) is 0 Å². The first kappa shape index (κ1) is 11.9. The van der Waals surface area contributed by atoms with Crippen LogP contribution in [-0.2, 0) is 4.84 Å². The SMILES string of the molecule is CCNc1ccc(N(CC)OC)c(C)c1. The van der Waals surface area contributed by atoms with E-state index >= 15 is 0 Å². The van der Waals surface area contributed by atoms with Gasteiger partial charge in [0, 0.05) is 18.8 Å². The number of nitrogens with zero attached hydrogens (tertiary/aromatic N) is 1. The number of benzene rings is 1. The Hall–Kier alpha value is -1.22. The van der Waals surface area contributed by atoms with Gasteiger partial charge >= 0.3 is 0 Å². The third kappa shape index (κ3) is 2.86. The van der Waals surface area contributed by atoms with Crippen LogP contribution >= 0.6 is 0 Å². The number of nitrogens with one attached hydrogen (secondary N) is 1. The zero-order valence-corrected chi connectivity index (χ0v) is 10.0. The molecular weight excluding hydrogens is 188 g/mol. The lowest BCUT2D eigenvalue weighted by atomic mass is 10.1. The Morgan fingerprint density at radius 1 is 1.33 bits per heavy atom. The molecule has 0 aliphatic rings. The fourth-order valence-corrected chi connectivity index (χ4v) is 1.65. The number of rotatable bonds is 5. The molecule has 1 aromatic rings. The van der Waals surface area contributed by atoms with E-state index in [1.54, 1.807) is 7.11 Å². The van der Waals surface area contributed by atoms with Gasteiger partial charge in [-0.2, -0.15) is 0 Å². The van der Waals surface area contributed by atoms with Crippen LogP contribution in [0.4, 0.5) is 11.4 Å². The third-order valence-electron chi connectivity index (χ3n) is 2.35. The van der Waals surface area contributed by atoms with Gasteiger partial charge in [-0.3, -0.25) is 9.90 Å². The predicted octanol–water partition coefficient (Wildman–Crippen LogP) is 2.81. The second-order valence-electron chi connectivity index (χ2n) is 3.41. The van der Waals surface area contributed by atoms with Crippen molar-refractivity contribution in [1.82, 2.24) is 0 Å². The molecule has 0 saturated heterocycles. The zero-order chi connectivity index (χ0) is 11.3. The smallest absolute Gasteiger partial charge is 0.0666 e. The first-order valence-electron chi connectivity index (χ1n) is 5.39. The molecule has 0 radical (unpaired) electrons. The fourth-order valence-electron chi connectivity index (χ4n) is 1.65. The number of hydroxylamine groups is 1. The molecule has 1 rings (SSSR count). The van der Waals surface area contributed by atoms with Gasteiger partial charge in [-0.15, -0.1) is 0 Å². The van der Waals surface area contributed by atoms with Crippen molar-refractivity contribution in [2.24, 2.45) is 0 Å². The van der Waals surface area contributed by atoms with E-state index in [0.717, 1.165) is 24.5 Å². The van der Waals surface area contributed by atoms with Crippen molar-refractivity contribution in [3.63, 3.8) is 0 Å². The summed E-state index contributed by atoms with van der Waals surface area (Å²) in [6.07, 6.45) is 0. The monoisotopic (exact) mass is 208 g/mol. The van der Waals surface area contributed by atoms with Crippen molar-refractivity contribution in [3.05, 3.63) is 23.8 Å². The number of anilines is 2. The Morgan fingerprint density at radius 3 is 2.53 bits per heavy atom. The summed E-state index contributed by atoms with van der Waals surface area (Å²) in [5.41, 5.74) is 3.50. The molecule has 15 heavy (non-hydrogen) atoms. The molecule has 0 heterocycles. The highest BCUT2D eigenvalue weighted by Crippen LogP contribution is 2.23. The summed E-state index contributed by atoms with van der Waals surface area (Å²) in [4.78, 5) is 5.28. The van der Waals surface area contributed by atoms with Gasteiger partial charge in [0.15, 0.2) is 0 Å². The summed E-state index contributed by atoms with van der Waals surface area (Å²) in [7, 11) is 1.70. The highest BCUT2D eigenvalue weighted by molar-refractivity contribution is 5.59. The van der Waals surface area contributed by atoms with Crippen molar-refractivity contribution >= 4 is 11.4 Å². The minimum absolute atomic E-state index is 0.845. The van der Waals surface area contributed by atoms with Crippen LogP contribution in [0.3, 0.4) is 0 Å². The van der Waals surface area contributed by atoms with E-state index in [9.17, 15) is 0 Å². The molecule has 0 spiro atoms. The molecule has 84 valence electrons. The van der Waals surface area contributed by atoms with E-state index in [-0.39, 0.29) is 0 Å². The van der Waals surface area contributed by atoms with E-state index in [1.165, 1.54) is 5.56 Å². The second kappa shape index (κ2) is 5.61. The quantitative estimate of drug-likeness (QED) is 0.753. The Bertz CT molecular complexity index is 308. The van der Waals surface area contributed by atoms with Crippen molar-refractivity contribution in [2.75, 3.05) is 30.6 Å². The Morgan fingerprint density at radius 2 is 2.07 bits per heavy atom. The average Bonchev–Trinajstić information content (AvgIpc) is 2.23. The van der Waals surface area contributed by atoms with Crippen LogP contribution in [0.25, 0.3) is 0 Å². The third-order valence-corrected chi connectivity index (χ3v) is 2.35. The molecule has 0 atom stereocenters. The van der Waals surface area contributed by atoms with Crippen molar-refractivity contribution in [1.29, 1.82) is 0 Å². The minimum Gasteiger partial charge on any atom is -0.385 e. The summed E-state index contributed by atoms with van der Waals surface area (Å²) < 4.78 is 0. The Kier molecular flexibility index (Phi) is 4.43. The van der Waals surface area contributed by atoms with E-state index in [2.05, 4.69) is 44.3 Å². The molecule has 3 heteroatoms. The summed E-state index contributed by atoms with van der Waals surface area (Å²) in [6.45, 7) is 8.05. The number of hydrogen-bond acceptors (Lipinski definition) is 3. The number of aryl methyl sites for hydroxylation is 1. The van der Waals surface area contributed by atoms with Crippen LogP contribution < -0.4 is 10.4 Å². The van der Waals surface area contributed by atoms with E-state index in [4.69, 9.17) is 4.84 Å².